The third-order valence-electron chi connectivity index (χ3n) is 5.29. The Morgan fingerprint density at radius 1 is 1.31 bits per heavy atom. The van der Waals surface area contributed by atoms with Crippen LogP contribution in [-0.4, -0.2) is 29.0 Å². The highest BCUT2D eigenvalue weighted by Gasteiger charge is 2.35. The topological polar surface area (TPSA) is 86.9 Å². The molecule has 2 N–H and O–H groups in total. The van der Waals surface area contributed by atoms with Crippen LogP contribution in [0.3, 0.4) is 0 Å². The number of carbonyl (C=O) groups excluding carboxylic acids is 2. The third-order valence-corrected chi connectivity index (χ3v) is 5.29. The molecule has 6 heteroatoms. The van der Waals surface area contributed by atoms with E-state index in [-0.39, 0.29) is 30.3 Å². The second kappa shape index (κ2) is 7.61. The van der Waals surface area contributed by atoms with Crippen LogP contribution in [0.4, 0.5) is 0 Å². The Kier molecular flexibility index (Phi) is 5.27. The van der Waals surface area contributed by atoms with Crippen molar-refractivity contribution in [2.45, 2.75) is 32.2 Å². The molecule has 2 aromatic rings. The molecular formula is C20H24N4O2. The highest BCUT2D eigenvalue weighted by molar-refractivity contribution is 5.99. The molecule has 0 radical (unpaired) electrons. The predicted octanol–water partition coefficient (Wildman–Crippen LogP) is 2.35. The zero-order valence-electron chi connectivity index (χ0n) is 15.2. The normalized spacial score (nSPS) is 22.6. The Morgan fingerprint density at radius 2 is 2.08 bits per heavy atom. The van der Waals surface area contributed by atoms with Gasteiger partial charge in [-0.25, -0.2) is 0 Å². The SMILES string of the molecule is CC1CCC(C(=O)NCC#N)C(NC(=O)c2cc3ccccc3n2C)C1. The number of nitrogens with one attached hydrogen (secondary N) is 2. The van der Waals surface area contributed by atoms with Crippen LogP contribution in [0.5, 0.6) is 0 Å². The van der Waals surface area contributed by atoms with Gasteiger partial charge in [0.1, 0.15) is 12.2 Å². The van der Waals surface area contributed by atoms with Gasteiger partial charge in [-0.15, -0.1) is 0 Å². The summed E-state index contributed by atoms with van der Waals surface area (Å²) in [5, 5.41) is 15.4. The van der Waals surface area contributed by atoms with Gasteiger partial charge in [0, 0.05) is 24.0 Å². The van der Waals surface area contributed by atoms with E-state index in [2.05, 4.69) is 17.6 Å². The number of benzene rings is 1. The van der Waals surface area contributed by atoms with Crippen molar-refractivity contribution in [2.24, 2.45) is 18.9 Å². The van der Waals surface area contributed by atoms with E-state index in [4.69, 9.17) is 5.26 Å². The van der Waals surface area contributed by atoms with E-state index in [0.717, 1.165) is 30.2 Å². The van der Waals surface area contributed by atoms with Crippen molar-refractivity contribution in [3.8, 4) is 6.07 Å². The molecule has 3 unspecified atom stereocenters. The second-order valence-electron chi connectivity index (χ2n) is 7.13. The van der Waals surface area contributed by atoms with Gasteiger partial charge >= 0.3 is 0 Å². The van der Waals surface area contributed by atoms with E-state index in [1.807, 2.05) is 48.0 Å². The fourth-order valence-corrected chi connectivity index (χ4v) is 3.86. The third kappa shape index (κ3) is 3.57. The van der Waals surface area contributed by atoms with Crippen molar-refractivity contribution >= 4 is 22.7 Å². The van der Waals surface area contributed by atoms with Gasteiger partial charge in [-0.1, -0.05) is 25.1 Å². The maximum absolute atomic E-state index is 12.9. The Labute approximate surface area is 153 Å². The lowest BCUT2D eigenvalue weighted by Gasteiger charge is -2.34. The second-order valence-corrected chi connectivity index (χ2v) is 7.13. The van der Waals surface area contributed by atoms with Crippen molar-refractivity contribution in [1.29, 1.82) is 5.26 Å². The molecule has 3 atom stereocenters. The molecular weight excluding hydrogens is 328 g/mol. The van der Waals surface area contributed by atoms with Gasteiger partial charge in [-0.05, 0) is 37.3 Å². The smallest absolute Gasteiger partial charge is 0.268 e. The standard InChI is InChI=1S/C20H24N4O2/c1-13-7-8-15(19(25)22-10-9-21)16(11-13)23-20(26)18-12-14-5-3-4-6-17(14)24(18)2/h3-6,12-13,15-16H,7-8,10-11H2,1-2H3,(H,22,25)(H,23,26). The Balaban J connectivity index is 1.79. The van der Waals surface area contributed by atoms with Gasteiger partial charge in [0.15, 0.2) is 0 Å². The zero-order valence-corrected chi connectivity index (χ0v) is 15.2. The van der Waals surface area contributed by atoms with Crippen LogP contribution >= 0.6 is 0 Å². The number of hydrogen-bond acceptors (Lipinski definition) is 3. The molecule has 0 spiro atoms. The lowest BCUT2D eigenvalue weighted by molar-refractivity contribution is -0.126. The summed E-state index contributed by atoms with van der Waals surface area (Å²) >= 11 is 0. The molecule has 1 aliphatic rings. The first-order valence-electron chi connectivity index (χ1n) is 9.01. The number of carbonyl (C=O) groups is 2. The lowest BCUT2D eigenvalue weighted by atomic mass is 9.78. The lowest BCUT2D eigenvalue weighted by Crippen LogP contribution is -2.50. The fraction of sp³-hybridized carbons (Fsp3) is 0.450. The average Bonchev–Trinajstić information content (AvgIpc) is 2.97. The van der Waals surface area contributed by atoms with E-state index in [0.29, 0.717) is 11.6 Å². The number of nitriles is 1. The zero-order chi connectivity index (χ0) is 18.7. The molecule has 26 heavy (non-hydrogen) atoms. The van der Waals surface area contributed by atoms with Crippen molar-refractivity contribution < 1.29 is 9.59 Å². The maximum atomic E-state index is 12.9. The summed E-state index contributed by atoms with van der Waals surface area (Å²) in [6.07, 6.45) is 2.43. The van der Waals surface area contributed by atoms with Crippen LogP contribution in [-0.2, 0) is 11.8 Å². The number of rotatable bonds is 4. The fourth-order valence-electron chi connectivity index (χ4n) is 3.86. The first-order chi connectivity index (χ1) is 12.5. The number of amides is 2. The van der Waals surface area contributed by atoms with E-state index in [1.54, 1.807) is 0 Å². The summed E-state index contributed by atoms with van der Waals surface area (Å²) in [6, 6.07) is 11.4. The number of para-hydroxylation sites is 1. The van der Waals surface area contributed by atoms with Gasteiger partial charge in [-0.2, -0.15) is 5.26 Å². The molecule has 1 aromatic carbocycles. The van der Waals surface area contributed by atoms with E-state index >= 15 is 0 Å². The van der Waals surface area contributed by atoms with Crippen molar-refractivity contribution in [2.75, 3.05) is 6.54 Å². The van der Waals surface area contributed by atoms with Crippen LogP contribution < -0.4 is 10.6 Å². The molecule has 3 rings (SSSR count). The highest BCUT2D eigenvalue weighted by Crippen LogP contribution is 2.29. The largest absolute Gasteiger partial charge is 0.347 e. The Hall–Kier alpha value is -2.81. The van der Waals surface area contributed by atoms with Crippen LogP contribution in [0.1, 0.15) is 36.7 Å². The minimum Gasteiger partial charge on any atom is -0.347 e. The molecule has 6 nitrogen and oxygen atoms in total. The van der Waals surface area contributed by atoms with Gasteiger partial charge in [-0.3, -0.25) is 9.59 Å². The molecule has 0 bridgehead atoms. The van der Waals surface area contributed by atoms with E-state index in [9.17, 15) is 9.59 Å². The summed E-state index contributed by atoms with van der Waals surface area (Å²) in [5.74, 6) is -0.160. The molecule has 1 saturated carbocycles. The summed E-state index contributed by atoms with van der Waals surface area (Å²) < 4.78 is 1.88. The summed E-state index contributed by atoms with van der Waals surface area (Å²) in [4.78, 5) is 25.3. The number of nitrogens with zero attached hydrogens (tertiary/aromatic N) is 2. The molecule has 1 aromatic heterocycles. The summed E-state index contributed by atoms with van der Waals surface area (Å²) in [6.45, 7) is 2.13. The molecule has 0 saturated heterocycles. The van der Waals surface area contributed by atoms with Crippen LogP contribution in [0.2, 0.25) is 0 Å². The molecule has 1 fully saturated rings. The summed E-state index contributed by atoms with van der Waals surface area (Å²) in [5.41, 5.74) is 1.58. The first-order valence-corrected chi connectivity index (χ1v) is 9.01. The van der Waals surface area contributed by atoms with Crippen LogP contribution in [0.25, 0.3) is 10.9 Å². The summed E-state index contributed by atoms with van der Waals surface area (Å²) in [7, 11) is 1.87. The van der Waals surface area contributed by atoms with Crippen molar-refractivity contribution in [3.63, 3.8) is 0 Å². The minimum atomic E-state index is -0.293. The number of aromatic nitrogens is 1. The number of fused-ring (bicyclic) bond motifs is 1. The minimum absolute atomic E-state index is 0.00521. The highest BCUT2D eigenvalue weighted by atomic mass is 16.2. The number of aryl methyl sites for hydroxylation is 1. The number of hydrogen-bond donors (Lipinski definition) is 2. The van der Waals surface area contributed by atoms with Crippen molar-refractivity contribution in [1.82, 2.24) is 15.2 Å². The quantitative estimate of drug-likeness (QED) is 0.828. The van der Waals surface area contributed by atoms with Crippen LogP contribution in [0, 0.1) is 23.2 Å². The predicted molar refractivity (Wildman–Crippen MR) is 99.3 cm³/mol. The molecule has 136 valence electrons. The van der Waals surface area contributed by atoms with Gasteiger partial charge in [0.25, 0.3) is 5.91 Å². The maximum Gasteiger partial charge on any atom is 0.268 e. The van der Waals surface area contributed by atoms with Crippen LogP contribution in [0.15, 0.2) is 30.3 Å². The van der Waals surface area contributed by atoms with Gasteiger partial charge < -0.3 is 15.2 Å². The van der Waals surface area contributed by atoms with Gasteiger partial charge in [0.2, 0.25) is 5.91 Å². The molecule has 1 heterocycles. The molecule has 0 aliphatic heterocycles. The van der Waals surface area contributed by atoms with E-state index in [1.165, 1.54) is 0 Å². The molecule has 2 amide bonds. The first kappa shape index (κ1) is 18.0. The Morgan fingerprint density at radius 3 is 2.81 bits per heavy atom. The Bertz CT molecular complexity index is 864. The molecule has 1 aliphatic carbocycles. The monoisotopic (exact) mass is 352 g/mol. The van der Waals surface area contributed by atoms with E-state index < -0.39 is 0 Å². The average molecular weight is 352 g/mol. The van der Waals surface area contributed by atoms with Crippen molar-refractivity contribution in [3.05, 3.63) is 36.0 Å². The van der Waals surface area contributed by atoms with Gasteiger partial charge in [0.05, 0.1) is 12.0 Å².